The molecule has 5 nitrogen and oxygen atoms in total. The monoisotopic (exact) mass is 532 g/mol. The molecule has 0 saturated carbocycles. The summed E-state index contributed by atoms with van der Waals surface area (Å²) in [4.78, 5) is 12.2. The van der Waals surface area contributed by atoms with Gasteiger partial charge in [-0.25, -0.2) is 9.97 Å². The highest BCUT2D eigenvalue weighted by Crippen LogP contribution is 2.48. The van der Waals surface area contributed by atoms with Crippen LogP contribution in [0.25, 0.3) is 0 Å². The standard InChI is InChI=1S/C24H26BrClN4OS/c1-32-23-28-21-12-24(7-2-5-17-19(24)10-16(25)11-20(17)26)31-14-18(21)22(29-23)30-8-3-4-15(13-27)6-9-30/h10-11,15H,2-9,12,14H2,1H3/t15-,24?/m1/s1. The number of nitrogens with zero attached hydrogens (tertiary/aromatic N) is 4. The van der Waals surface area contributed by atoms with Crippen LogP contribution < -0.4 is 4.90 Å². The van der Waals surface area contributed by atoms with Crippen molar-refractivity contribution < 1.29 is 4.74 Å². The molecule has 1 spiro atoms. The Hall–Kier alpha value is -1.33. The molecule has 1 unspecified atom stereocenters. The van der Waals surface area contributed by atoms with Crippen LogP contribution in [0.3, 0.4) is 0 Å². The summed E-state index contributed by atoms with van der Waals surface area (Å²) in [6.45, 7) is 2.28. The number of fused-ring (bicyclic) bond motifs is 3. The topological polar surface area (TPSA) is 62.0 Å². The minimum atomic E-state index is -0.389. The van der Waals surface area contributed by atoms with Gasteiger partial charge in [-0.2, -0.15) is 5.26 Å². The number of nitriles is 1. The summed E-state index contributed by atoms with van der Waals surface area (Å²) < 4.78 is 7.69. The van der Waals surface area contributed by atoms with E-state index < -0.39 is 0 Å². The number of hydrogen-bond acceptors (Lipinski definition) is 6. The normalized spacial score (nSPS) is 25.1. The van der Waals surface area contributed by atoms with Crippen molar-refractivity contribution in [1.82, 2.24) is 9.97 Å². The fourth-order valence-electron chi connectivity index (χ4n) is 5.39. The van der Waals surface area contributed by atoms with Crippen LogP contribution in [0, 0.1) is 17.2 Å². The van der Waals surface area contributed by atoms with Gasteiger partial charge in [0.25, 0.3) is 0 Å². The lowest BCUT2D eigenvalue weighted by atomic mass is 9.75. The highest BCUT2D eigenvalue weighted by atomic mass is 79.9. The maximum Gasteiger partial charge on any atom is 0.189 e. The first kappa shape index (κ1) is 22.5. The van der Waals surface area contributed by atoms with E-state index >= 15 is 0 Å². The van der Waals surface area contributed by atoms with Crippen molar-refractivity contribution in [2.45, 2.75) is 62.3 Å². The SMILES string of the molecule is CSc1nc2c(c(N3CCC[C@@H](C#N)CC3)n1)COC1(CCCc3c(Cl)cc(Br)cc31)C2. The van der Waals surface area contributed by atoms with Gasteiger partial charge in [0, 0.05) is 40.5 Å². The molecule has 1 aliphatic carbocycles. The Morgan fingerprint density at radius 1 is 1.25 bits per heavy atom. The van der Waals surface area contributed by atoms with Gasteiger partial charge in [0.1, 0.15) is 5.82 Å². The largest absolute Gasteiger partial charge is 0.365 e. The van der Waals surface area contributed by atoms with Gasteiger partial charge in [0.2, 0.25) is 0 Å². The summed E-state index contributed by atoms with van der Waals surface area (Å²) >= 11 is 11.8. The van der Waals surface area contributed by atoms with Crippen LogP contribution in [0.5, 0.6) is 0 Å². The van der Waals surface area contributed by atoms with Crippen molar-refractivity contribution >= 4 is 45.1 Å². The first-order valence-electron chi connectivity index (χ1n) is 11.2. The fraction of sp³-hybridized carbons (Fsp3) is 0.542. The molecule has 2 aliphatic heterocycles. The van der Waals surface area contributed by atoms with Gasteiger partial charge in [-0.1, -0.05) is 39.3 Å². The van der Waals surface area contributed by atoms with Crippen molar-refractivity contribution in [3.05, 3.63) is 44.0 Å². The van der Waals surface area contributed by atoms with Crippen LogP contribution in [-0.4, -0.2) is 29.3 Å². The number of benzene rings is 1. The van der Waals surface area contributed by atoms with Crippen LogP contribution in [0.4, 0.5) is 5.82 Å². The third-order valence-corrected chi connectivity index (χ3v) is 8.39. The first-order valence-corrected chi connectivity index (χ1v) is 13.6. The Morgan fingerprint density at radius 3 is 2.94 bits per heavy atom. The molecule has 0 amide bonds. The maximum atomic E-state index is 9.38. The lowest BCUT2D eigenvalue weighted by Crippen LogP contribution is -2.41. The van der Waals surface area contributed by atoms with Crippen LogP contribution in [-0.2, 0) is 29.8 Å². The van der Waals surface area contributed by atoms with Gasteiger partial charge in [0.15, 0.2) is 5.16 Å². The fourth-order valence-corrected chi connectivity index (χ4v) is 6.68. The van der Waals surface area contributed by atoms with Crippen LogP contribution in [0.2, 0.25) is 5.02 Å². The van der Waals surface area contributed by atoms with E-state index in [9.17, 15) is 5.26 Å². The predicted molar refractivity (Wildman–Crippen MR) is 131 cm³/mol. The van der Waals surface area contributed by atoms with Gasteiger partial charge in [-0.15, -0.1) is 0 Å². The molecule has 1 fully saturated rings. The summed E-state index contributed by atoms with van der Waals surface area (Å²) in [6.07, 6.45) is 8.62. The third-order valence-electron chi connectivity index (χ3n) is 7.05. The van der Waals surface area contributed by atoms with E-state index in [0.717, 1.165) is 89.8 Å². The van der Waals surface area contributed by atoms with Crippen molar-refractivity contribution in [2.24, 2.45) is 5.92 Å². The second-order valence-electron chi connectivity index (χ2n) is 8.93. The Morgan fingerprint density at radius 2 is 2.12 bits per heavy atom. The second-order valence-corrected chi connectivity index (χ2v) is 11.0. The molecule has 168 valence electrons. The van der Waals surface area contributed by atoms with Crippen molar-refractivity contribution in [3.63, 3.8) is 0 Å². The van der Waals surface area contributed by atoms with E-state index in [1.54, 1.807) is 11.8 Å². The van der Waals surface area contributed by atoms with Crippen molar-refractivity contribution in [3.8, 4) is 6.07 Å². The summed E-state index contributed by atoms with van der Waals surface area (Å²) in [5, 5.41) is 11.0. The van der Waals surface area contributed by atoms with Gasteiger partial charge in [-0.3, -0.25) is 0 Å². The summed E-state index contributed by atoms with van der Waals surface area (Å²) in [6, 6.07) is 6.62. The number of thioether (sulfide) groups is 1. The van der Waals surface area contributed by atoms with E-state index in [1.807, 2.05) is 12.3 Å². The number of anilines is 1. The highest BCUT2D eigenvalue weighted by Gasteiger charge is 2.43. The second kappa shape index (κ2) is 9.13. The van der Waals surface area contributed by atoms with Gasteiger partial charge in [-0.05, 0) is 68.0 Å². The molecule has 32 heavy (non-hydrogen) atoms. The lowest BCUT2D eigenvalue weighted by Gasteiger charge is -2.43. The molecule has 0 bridgehead atoms. The summed E-state index contributed by atoms with van der Waals surface area (Å²) in [5.74, 6) is 1.13. The molecule has 3 heterocycles. The number of rotatable bonds is 2. The molecule has 5 rings (SSSR count). The zero-order valence-corrected chi connectivity index (χ0v) is 21.3. The van der Waals surface area contributed by atoms with Gasteiger partial charge in [0.05, 0.1) is 24.0 Å². The number of aromatic nitrogens is 2. The molecule has 0 N–H and O–H groups in total. The third kappa shape index (κ3) is 4.04. The van der Waals surface area contributed by atoms with E-state index in [4.69, 9.17) is 26.3 Å². The van der Waals surface area contributed by atoms with Crippen LogP contribution >= 0.6 is 39.3 Å². The number of halogens is 2. The van der Waals surface area contributed by atoms with Gasteiger partial charge >= 0.3 is 0 Å². The van der Waals surface area contributed by atoms with Crippen LogP contribution in [0.15, 0.2) is 21.8 Å². The van der Waals surface area contributed by atoms with E-state index in [1.165, 1.54) is 11.1 Å². The molecule has 1 saturated heterocycles. The van der Waals surface area contributed by atoms with Crippen molar-refractivity contribution in [1.29, 1.82) is 5.26 Å². The average molecular weight is 534 g/mol. The van der Waals surface area contributed by atoms with E-state index in [0.29, 0.717) is 6.61 Å². The van der Waals surface area contributed by atoms with Crippen LogP contribution in [0.1, 0.15) is 54.5 Å². The molecule has 1 aromatic heterocycles. The molecule has 8 heteroatoms. The zero-order chi connectivity index (χ0) is 22.3. The molecule has 1 aromatic carbocycles. The van der Waals surface area contributed by atoms with E-state index in [-0.39, 0.29) is 11.5 Å². The average Bonchev–Trinajstić information content (AvgIpc) is 3.04. The quantitative estimate of drug-likeness (QED) is 0.346. The molecule has 2 atom stereocenters. The smallest absolute Gasteiger partial charge is 0.189 e. The Kier molecular flexibility index (Phi) is 6.41. The molecule has 3 aliphatic rings. The maximum absolute atomic E-state index is 9.38. The molecular formula is C24H26BrClN4OS. The Labute approximate surface area is 207 Å². The van der Waals surface area contributed by atoms with Crippen molar-refractivity contribution in [2.75, 3.05) is 24.2 Å². The summed E-state index contributed by atoms with van der Waals surface area (Å²) in [7, 11) is 0. The van der Waals surface area contributed by atoms with Gasteiger partial charge < -0.3 is 9.64 Å². The Bertz CT molecular complexity index is 1090. The molecular weight excluding hydrogens is 508 g/mol. The minimum Gasteiger partial charge on any atom is -0.365 e. The minimum absolute atomic E-state index is 0.138. The first-order chi connectivity index (χ1) is 15.5. The number of hydrogen-bond donors (Lipinski definition) is 0. The molecule has 2 aromatic rings. The van der Waals surface area contributed by atoms with E-state index in [2.05, 4.69) is 33.0 Å². The Balaban J connectivity index is 1.54. The predicted octanol–water partition coefficient (Wildman–Crippen LogP) is 6.05. The highest BCUT2D eigenvalue weighted by molar-refractivity contribution is 9.10. The zero-order valence-electron chi connectivity index (χ0n) is 18.2. The lowest BCUT2D eigenvalue weighted by molar-refractivity contribution is -0.0856. The number of ether oxygens (including phenoxy) is 1. The summed E-state index contributed by atoms with van der Waals surface area (Å²) in [5.41, 5.74) is 4.22. The molecule has 0 radical (unpaired) electrons.